The number of hydrogen-bond acceptors (Lipinski definition) is 1. The quantitative estimate of drug-likeness (QED) is 0.740. The van der Waals surface area contributed by atoms with E-state index in [4.69, 9.17) is 0 Å². The molecule has 0 aliphatic rings. The van der Waals surface area contributed by atoms with Gasteiger partial charge in [0.05, 0.1) is 5.56 Å². The van der Waals surface area contributed by atoms with E-state index in [1.807, 2.05) is 0 Å². The second-order valence-electron chi connectivity index (χ2n) is 5.11. The predicted octanol–water partition coefficient (Wildman–Crippen LogP) is 5.45. The summed E-state index contributed by atoms with van der Waals surface area (Å²) in [6.07, 6.45) is -2.04. The zero-order valence-corrected chi connectivity index (χ0v) is 12.6. The molecule has 1 N–H and O–H groups in total. The molecular weight excluding hydrogens is 287 g/mol. The molecule has 116 valence electrons. The normalized spacial score (nSPS) is 11.3. The van der Waals surface area contributed by atoms with E-state index < -0.39 is 11.7 Å². The van der Waals surface area contributed by atoms with Gasteiger partial charge in [0, 0.05) is 12.7 Å². The van der Waals surface area contributed by atoms with Gasteiger partial charge in [-0.25, -0.2) is 0 Å². The Hall–Kier alpha value is -2.23. The van der Waals surface area contributed by atoms with Gasteiger partial charge < -0.3 is 5.32 Å². The minimum absolute atomic E-state index is 0.239. The average molecular weight is 305 g/mol. The van der Waals surface area contributed by atoms with Gasteiger partial charge in [-0.3, -0.25) is 0 Å². The number of aryl methyl sites for hydroxylation is 1. The summed E-state index contributed by atoms with van der Waals surface area (Å²) in [5.41, 5.74) is 2.63. The fourth-order valence-electron chi connectivity index (χ4n) is 2.60. The van der Waals surface area contributed by atoms with Gasteiger partial charge in [0.15, 0.2) is 0 Å². The molecule has 0 radical (unpaired) electrons. The molecule has 0 spiro atoms. The minimum atomic E-state index is -4.37. The van der Waals surface area contributed by atoms with Gasteiger partial charge in [-0.1, -0.05) is 24.3 Å². The van der Waals surface area contributed by atoms with Gasteiger partial charge in [-0.2, -0.15) is 13.2 Å². The Morgan fingerprint density at radius 1 is 1.18 bits per heavy atom. The second-order valence-corrected chi connectivity index (χ2v) is 5.11. The molecule has 2 rings (SSSR count). The van der Waals surface area contributed by atoms with Gasteiger partial charge in [-0.15, -0.1) is 6.58 Å². The lowest BCUT2D eigenvalue weighted by atomic mass is 9.92. The van der Waals surface area contributed by atoms with Crippen molar-refractivity contribution in [1.82, 2.24) is 0 Å². The van der Waals surface area contributed by atoms with Crippen LogP contribution < -0.4 is 5.32 Å². The fraction of sp³-hybridized carbons (Fsp3) is 0.222. The summed E-state index contributed by atoms with van der Waals surface area (Å²) in [6, 6.07) is 9.58. The Bertz CT molecular complexity index is 687. The summed E-state index contributed by atoms with van der Waals surface area (Å²) < 4.78 is 39.8. The van der Waals surface area contributed by atoms with Crippen LogP contribution in [-0.2, 0) is 12.6 Å². The Labute approximate surface area is 128 Å². The molecule has 22 heavy (non-hydrogen) atoms. The Morgan fingerprint density at radius 2 is 1.91 bits per heavy atom. The number of anilines is 1. The smallest absolute Gasteiger partial charge is 0.388 e. The molecule has 2 aromatic carbocycles. The number of hydrogen-bond donors (Lipinski definition) is 1. The monoisotopic (exact) mass is 305 g/mol. The van der Waals surface area contributed by atoms with Crippen LogP contribution in [0.25, 0.3) is 11.1 Å². The lowest BCUT2D eigenvalue weighted by molar-refractivity contribution is -0.137. The third-order valence-corrected chi connectivity index (χ3v) is 3.61. The van der Waals surface area contributed by atoms with Crippen molar-refractivity contribution in [3.8, 4) is 11.1 Å². The van der Waals surface area contributed by atoms with Crippen LogP contribution in [0.4, 0.5) is 18.9 Å². The van der Waals surface area contributed by atoms with Crippen molar-refractivity contribution in [2.24, 2.45) is 0 Å². The molecular formula is C18H18F3N. The second kappa shape index (κ2) is 6.26. The zero-order valence-electron chi connectivity index (χ0n) is 12.6. The first kappa shape index (κ1) is 16.1. The summed E-state index contributed by atoms with van der Waals surface area (Å²) in [4.78, 5) is 0. The van der Waals surface area contributed by atoms with Crippen LogP contribution in [-0.4, -0.2) is 7.05 Å². The molecule has 1 nitrogen and oxygen atoms in total. The molecule has 0 aliphatic carbocycles. The van der Waals surface area contributed by atoms with E-state index in [1.165, 1.54) is 6.07 Å². The van der Waals surface area contributed by atoms with Crippen molar-refractivity contribution in [1.29, 1.82) is 0 Å². The molecule has 0 aromatic heterocycles. The zero-order chi connectivity index (χ0) is 16.3. The van der Waals surface area contributed by atoms with E-state index in [2.05, 4.69) is 11.9 Å². The van der Waals surface area contributed by atoms with E-state index in [9.17, 15) is 13.2 Å². The maximum Gasteiger partial charge on any atom is 0.417 e. The molecule has 0 amide bonds. The van der Waals surface area contributed by atoms with Crippen LogP contribution >= 0.6 is 0 Å². The molecule has 0 saturated carbocycles. The third-order valence-electron chi connectivity index (χ3n) is 3.61. The SMILES string of the molecule is C=CCc1cc(-c2c(C)cccc2C(F)(F)F)ccc1NC. The van der Waals surface area contributed by atoms with E-state index in [0.29, 0.717) is 17.5 Å². The van der Waals surface area contributed by atoms with Crippen molar-refractivity contribution < 1.29 is 13.2 Å². The highest BCUT2D eigenvalue weighted by molar-refractivity contribution is 5.74. The van der Waals surface area contributed by atoms with Crippen LogP contribution in [0.2, 0.25) is 0 Å². The number of allylic oxidation sites excluding steroid dienone is 1. The molecule has 0 atom stereocenters. The van der Waals surface area contributed by atoms with E-state index in [-0.39, 0.29) is 5.56 Å². The van der Waals surface area contributed by atoms with Gasteiger partial charge >= 0.3 is 6.18 Å². The van der Waals surface area contributed by atoms with E-state index in [0.717, 1.165) is 17.3 Å². The highest BCUT2D eigenvalue weighted by Crippen LogP contribution is 2.39. The van der Waals surface area contributed by atoms with Crippen LogP contribution in [0, 0.1) is 6.92 Å². The van der Waals surface area contributed by atoms with Crippen LogP contribution in [0.1, 0.15) is 16.7 Å². The lowest BCUT2D eigenvalue weighted by Gasteiger charge is -2.17. The number of benzene rings is 2. The molecule has 0 saturated heterocycles. The molecule has 0 fully saturated rings. The maximum atomic E-state index is 13.3. The van der Waals surface area contributed by atoms with Crippen LogP contribution in [0.3, 0.4) is 0 Å². The Balaban J connectivity index is 2.67. The lowest BCUT2D eigenvalue weighted by Crippen LogP contribution is -2.08. The highest BCUT2D eigenvalue weighted by Gasteiger charge is 2.34. The first-order chi connectivity index (χ1) is 10.4. The summed E-state index contributed by atoms with van der Waals surface area (Å²) in [6.45, 7) is 5.40. The highest BCUT2D eigenvalue weighted by atomic mass is 19.4. The average Bonchev–Trinajstić information content (AvgIpc) is 2.46. The largest absolute Gasteiger partial charge is 0.417 e. The van der Waals surface area contributed by atoms with Crippen molar-refractivity contribution in [3.05, 3.63) is 65.7 Å². The van der Waals surface area contributed by atoms with Crippen LogP contribution in [0.5, 0.6) is 0 Å². The number of alkyl halides is 3. The Morgan fingerprint density at radius 3 is 2.50 bits per heavy atom. The Kier molecular flexibility index (Phi) is 4.59. The maximum absolute atomic E-state index is 13.3. The molecule has 0 bridgehead atoms. The number of nitrogens with one attached hydrogen (secondary N) is 1. The first-order valence-corrected chi connectivity index (χ1v) is 6.97. The molecule has 2 aromatic rings. The third kappa shape index (κ3) is 3.16. The minimum Gasteiger partial charge on any atom is -0.388 e. The van der Waals surface area contributed by atoms with Crippen molar-refractivity contribution >= 4 is 5.69 Å². The summed E-state index contributed by atoms with van der Waals surface area (Å²) in [5, 5.41) is 3.05. The van der Waals surface area contributed by atoms with E-state index in [1.54, 1.807) is 44.3 Å². The number of halogens is 3. The fourth-order valence-corrected chi connectivity index (χ4v) is 2.60. The summed E-state index contributed by atoms with van der Waals surface area (Å²) >= 11 is 0. The van der Waals surface area contributed by atoms with Crippen LogP contribution in [0.15, 0.2) is 49.1 Å². The molecule has 0 aliphatic heterocycles. The molecule has 0 unspecified atom stereocenters. The van der Waals surface area contributed by atoms with Crippen molar-refractivity contribution in [2.75, 3.05) is 12.4 Å². The molecule has 0 heterocycles. The van der Waals surface area contributed by atoms with Crippen molar-refractivity contribution in [3.63, 3.8) is 0 Å². The summed E-state index contributed by atoms with van der Waals surface area (Å²) in [5.74, 6) is 0. The van der Waals surface area contributed by atoms with Crippen molar-refractivity contribution in [2.45, 2.75) is 19.5 Å². The van der Waals surface area contributed by atoms with Gasteiger partial charge in [0.1, 0.15) is 0 Å². The number of rotatable bonds is 4. The molecule has 4 heteroatoms. The topological polar surface area (TPSA) is 12.0 Å². The predicted molar refractivity (Wildman–Crippen MR) is 85.1 cm³/mol. The van der Waals surface area contributed by atoms with Gasteiger partial charge in [0.2, 0.25) is 0 Å². The van der Waals surface area contributed by atoms with Gasteiger partial charge in [0.25, 0.3) is 0 Å². The van der Waals surface area contributed by atoms with E-state index >= 15 is 0 Å². The van der Waals surface area contributed by atoms with Gasteiger partial charge in [-0.05, 0) is 53.8 Å². The summed E-state index contributed by atoms with van der Waals surface area (Å²) in [7, 11) is 1.79. The standard InChI is InChI=1S/C18H18F3N/c1-4-6-13-11-14(9-10-16(13)22-3)17-12(2)7-5-8-15(17)18(19,20)21/h4-5,7-11,22H,1,6H2,2-3H3. The first-order valence-electron chi connectivity index (χ1n) is 6.97.